The van der Waals surface area contributed by atoms with E-state index in [-0.39, 0.29) is 12.1 Å². The van der Waals surface area contributed by atoms with Crippen molar-refractivity contribution in [2.75, 3.05) is 13.1 Å². The lowest BCUT2D eigenvalue weighted by atomic mass is 10.0. The standard InChI is InChI=1S/C27H36N2O4/c1-5-17-29-23(19-28(26(29)32)18-22-11-9-20(2)10-12-22)8-6-7-21-13-15-24(16-14-21)33-27(3,4)25(30)31/h9-16,23H,5-8,17-19H2,1-4H3,(H,30,31)/t23-/m1/s1. The van der Waals surface area contributed by atoms with Crippen LogP contribution in [0.2, 0.25) is 0 Å². The Bertz CT molecular complexity index is 938. The monoisotopic (exact) mass is 452 g/mol. The third-order valence-corrected chi connectivity index (χ3v) is 6.16. The fraction of sp³-hybridized carbons (Fsp3) is 0.481. The van der Waals surface area contributed by atoms with E-state index in [1.807, 2.05) is 34.1 Å². The van der Waals surface area contributed by atoms with Crippen molar-refractivity contribution < 1.29 is 19.4 Å². The molecule has 0 bridgehead atoms. The van der Waals surface area contributed by atoms with Gasteiger partial charge in [0.15, 0.2) is 5.60 Å². The van der Waals surface area contributed by atoms with Gasteiger partial charge in [0.1, 0.15) is 5.75 Å². The minimum atomic E-state index is -1.26. The summed E-state index contributed by atoms with van der Waals surface area (Å²) in [6.45, 7) is 9.48. The summed E-state index contributed by atoms with van der Waals surface area (Å²) < 4.78 is 5.57. The number of carboxylic acid groups (broad SMARTS) is 1. The van der Waals surface area contributed by atoms with Crippen molar-refractivity contribution >= 4 is 12.0 Å². The van der Waals surface area contributed by atoms with Gasteiger partial charge in [0.05, 0.1) is 6.04 Å². The number of carbonyl (C=O) groups excluding carboxylic acids is 1. The van der Waals surface area contributed by atoms with Crippen molar-refractivity contribution in [3.8, 4) is 5.75 Å². The Hall–Kier alpha value is -3.02. The fourth-order valence-electron chi connectivity index (χ4n) is 4.19. The maximum absolute atomic E-state index is 13.0. The molecule has 33 heavy (non-hydrogen) atoms. The largest absolute Gasteiger partial charge is 0.478 e. The molecule has 178 valence electrons. The first-order valence-corrected chi connectivity index (χ1v) is 11.8. The van der Waals surface area contributed by atoms with Gasteiger partial charge in [0, 0.05) is 19.6 Å². The molecular weight excluding hydrogens is 416 g/mol. The van der Waals surface area contributed by atoms with Gasteiger partial charge in [-0.15, -0.1) is 0 Å². The SMILES string of the molecule is CCCN1C(=O)N(Cc2ccc(C)cc2)C[C@H]1CCCc1ccc(OC(C)(C)C(=O)O)cc1. The molecule has 1 atom stereocenters. The maximum Gasteiger partial charge on any atom is 0.347 e. The molecule has 1 fully saturated rings. The average molecular weight is 453 g/mol. The van der Waals surface area contributed by atoms with Gasteiger partial charge in [-0.25, -0.2) is 9.59 Å². The van der Waals surface area contributed by atoms with Crippen LogP contribution in [0.3, 0.4) is 0 Å². The molecule has 2 aromatic rings. The van der Waals surface area contributed by atoms with Crippen molar-refractivity contribution in [1.29, 1.82) is 0 Å². The van der Waals surface area contributed by atoms with Crippen molar-refractivity contribution in [2.45, 2.75) is 71.6 Å². The summed E-state index contributed by atoms with van der Waals surface area (Å²) in [6.07, 6.45) is 3.80. The Morgan fingerprint density at radius 2 is 1.73 bits per heavy atom. The second kappa shape index (κ2) is 10.7. The number of benzene rings is 2. The highest BCUT2D eigenvalue weighted by molar-refractivity contribution is 5.77. The molecule has 1 N–H and O–H groups in total. The molecule has 6 nitrogen and oxygen atoms in total. The Morgan fingerprint density at radius 1 is 1.09 bits per heavy atom. The molecule has 1 aliphatic rings. The quantitative estimate of drug-likeness (QED) is 0.504. The summed E-state index contributed by atoms with van der Waals surface area (Å²) in [5.74, 6) is -0.445. The van der Waals surface area contributed by atoms with Crippen molar-refractivity contribution in [2.24, 2.45) is 0 Å². The van der Waals surface area contributed by atoms with Crippen molar-refractivity contribution in [1.82, 2.24) is 9.80 Å². The van der Waals surface area contributed by atoms with Crippen LogP contribution in [0.15, 0.2) is 48.5 Å². The molecule has 2 aromatic carbocycles. The van der Waals surface area contributed by atoms with Gasteiger partial charge in [0.2, 0.25) is 0 Å². The third kappa shape index (κ3) is 6.50. The highest BCUT2D eigenvalue weighted by atomic mass is 16.5. The second-order valence-electron chi connectivity index (χ2n) is 9.45. The summed E-state index contributed by atoms with van der Waals surface area (Å²) in [5.41, 5.74) is 2.31. The lowest BCUT2D eigenvalue weighted by Crippen LogP contribution is -2.37. The Balaban J connectivity index is 1.54. The smallest absolute Gasteiger partial charge is 0.347 e. The normalized spacial score (nSPS) is 16.4. The highest BCUT2D eigenvalue weighted by Crippen LogP contribution is 2.24. The minimum Gasteiger partial charge on any atom is -0.478 e. The van der Waals surface area contributed by atoms with Crippen molar-refractivity contribution in [3.63, 3.8) is 0 Å². The van der Waals surface area contributed by atoms with Gasteiger partial charge in [-0.2, -0.15) is 0 Å². The molecule has 0 saturated carbocycles. The van der Waals surface area contributed by atoms with Crippen LogP contribution < -0.4 is 4.74 Å². The number of rotatable bonds is 11. The molecule has 1 saturated heterocycles. The van der Waals surface area contributed by atoms with E-state index in [2.05, 4.69) is 38.1 Å². The lowest BCUT2D eigenvalue weighted by molar-refractivity contribution is -0.152. The maximum atomic E-state index is 13.0. The van der Waals surface area contributed by atoms with E-state index in [0.29, 0.717) is 12.3 Å². The van der Waals surface area contributed by atoms with E-state index in [9.17, 15) is 14.7 Å². The topological polar surface area (TPSA) is 70.1 Å². The molecule has 1 aliphatic heterocycles. The molecule has 6 heteroatoms. The van der Waals surface area contributed by atoms with Crippen LogP contribution in [-0.2, 0) is 17.8 Å². The zero-order valence-electron chi connectivity index (χ0n) is 20.2. The van der Waals surface area contributed by atoms with Crippen LogP contribution in [0.1, 0.15) is 56.7 Å². The molecule has 0 spiro atoms. The summed E-state index contributed by atoms with van der Waals surface area (Å²) in [4.78, 5) is 28.3. The summed E-state index contributed by atoms with van der Waals surface area (Å²) in [5, 5.41) is 9.21. The second-order valence-corrected chi connectivity index (χ2v) is 9.45. The summed E-state index contributed by atoms with van der Waals surface area (Å²) >= 11 is 0. The first kappa shape index (κ1) is 24.6. The molecule has 2 amide bonds. The number of hydrogen-bond donors (Lipinski definition) is 1. The molecule has 0 aromatic heterocycles. The van der Waals surface area contributed by atoms with Crippen molar-refractivity contribution in [3.05, 3.63) is 65.2 Å². The van der Waals surface area contributed by atoms with E-state index >= 15 is 0 Å². The fourth-order valence-corrected chi connectivity index (χ4v) is 4.19. The number of hydrogen-bond acceptors (Lipinski definition) is 3. The third-order valence-electron chi connectivity index (χ3n) is 6.16. The van der Waals surface area contributed by atoms with E-state index in [0.717, 1.165) is 38.8 Å². The molecule has 0 radical (unpaired) electrons. The highest BCUT2D eigenvalue weighted by Gasteiger charge is 2.36. The first-order valence-electron chi connectivity index (χ1n) is 11.8. The summed E-state index contributed by atoms with van der Waals surface area (Å²) in [6, 6.07) is 16.4. The van der Waals surface area contributed by atoms with Crippen LogP contribution in [0, 0.1) is 6.92 Å². The Labute approximate surface area is 197 Å². The molecule has 0 aliphatic carbocycles. The number of aliphatic carboxylic acids is 1. The van der Waals surface area contributed by atoms with Gasteiger partial charge in [-0.05, 0) is 69.7 Å². The van der Waals surface area contributed by atoms with Gasteiger partial charge in [0.25, 0.3) is 0 Å². The number of amides is 2. The van der Waals surface area contributed by atoms with Crippen LogP contribution in [-0.4, -0.2) is 51.6 Å². The number of carboxylic acids is 1. The van der Waals surface area contributed by atoms with E-state index < -0.39 is 11.6 Å². The van der Waals surface area contributed by atoms with Crippen LogP contribution in [0.4, 0.5) is 4.79 Å². The number of urea groups is 1. The van der Waals surface area contributed by atoms with E-state index in [1.165, 1.54) is 30.5 Å². The Morgan fingerprint density at radius 3 is 2.33 bits per heavy atom. The predicted octanol–water partition coefficient (Wildman–Crippen LogP) is 5.28. The molecule has 1 heterocycles. The van der Waals surface area contributed by atoms with Crippen LogP contribution in [0.5, 0.6) is 5.75 Å². The molecule has 3 rings (SSSR count). The minimum absolute atomic E-state index is 0.143. The molecule has 0 unspecified atom stereocenters. The average Bonchev–Trinajstić information content (AvgIpc) is 3.05. The van der Waals surface area contributed by atoms with Gasteiger partial charge in [-0.3, -0.25) is 0 Å². The number of ether oxygens (including phenoxy) is 1. The number of nitrogens with zero attached hydrogens (tertiary/aromatic N) is 2. The van der Waals surface area contributed by atoms with Gasteiger partial charge in [-0.1, -0.05) is 48.9 Å². The summed E-state index contributed by atoms with van der Waals surface area (Å²) in [7, 11) is 0. The Kier molecular flexibility index (Phi) is 8.01. The molecular formula is C27H36N2O4. The van der Waals surface area contributed by atoms with Gasteiger partial charge >= 0.3 is 12.0 Å². The first-order chi connectivity index (χ1) is 15.7. The van der Waals surface area contributed by atoms with E-state index in [1.54, 1.807) is 0 Å². The van der Waals surface area contributed by atoms with Crippen LogP contribution >= 0.6 is 0 Å². The van der Waals surface area contributed by atoms with Crippen LogP contribution in [0.25, 0.3) is 0 Å². The van der Waals surface area contributed by atoms with E-state index in [4.69, 9.17) is 4.74 Å². The zero-order valence-corrected chi connectivity index (χ0v) is 20.2. The predicted molar refractivity (Wildman–Crippen MR) is 129 cm³/mol. The zero-order chi connectivity index (χ0) is 24.0. The van der Waals surface area contributed by atoms with Gasteiger partial charge < -0.3 is 19.6 Å². The number of carbonyl (C=O) groups is 2. The lowest BCUT2D eigenvalue weighted by Gasteiger charge is -2.23. The number of aryl methyl sites for hydroxylation is 2.